The van der Waals surface area contributed by atoms with Crippen molar-refractivity contribution in [2.24, 2.45) is 0 Å². The number of hydrogen-bond donors (Lipinski definition) is 3. The van der Waals surface area contributed by atoms with Gasteiger partial charge in [-0.1, -0.05) is 12.1 Å². The summed E-state index contributed by atoms with van der Waals surface area (Å²) in [5, 5.41) is 22.9. The van der Waals surface area contributed by atoms with Crippen LogP contribution in [0, 0.1) is 11.3 Å². The van der Waals surface area contributed by atoms with E-state index >= 15 is 0 Å². The number of halogens is 1. The zero-order valence-corrected chi connectivity index (χ0v) is 20.2. The minimum Gasteiger partial charge on any atom is -0.497 e. The first kappa shape index (κ1) is 27.5. The van der Waals surface area contributed by atoms with E-state index in [4.69, 9.17) is 9.47 Å². The third-order valence-electron chi connectivity index (χ3n) is 4.46. The lowest BCUT2D eigenvalue weighted by atomic mass is 9.94. The van der Waals surface area contributed by atoms with Gasteiger partial charge >= 0.3 is 0 Å². The molecule has 176 valence electrons. The molecule has 0 saturated heterocycles. The number of ether oxygens (including phenoxy) is 2. The summed E-state index contributed by atoms with van der Waals surface area (Å²) in [7, 11) is -1.81. The molecule has 2 aromatic rings. The highest BCUT2D eigenvalue weighted by molar-refractivity contribution is 7.92. The number of methoxy groups -OCH3 is 1. The van der Waals surface area contributed by atoms with Crippen molar-refractivity contribution in [1.82, 2.24) is 5.32 Å². The smallest absolute Gasteiger partial charge is 0.229 e. The zero-order valence-electron chi connectivity index (χ0n) is 18.6. The third kappa shape index (κ3) is 9.32. The van der Waals surface area contributed by atoms with Gasteiger partial charge in [0.2, 0.25) is 10.0 Å². The van der Waals surface area contributed by atoms with Crippen LogP contribution in [-0.4, -0.2) is 51.7 Å². The van der Waals surface area contributed by atoms with Crippen molar-refractivity contribution in [3.8, 4) is 17.6 Å². The number of anilines is 1. The predicted molar refractivity (Wildman–Crippen MR) is 127 cm³/mol. The molecule has 0 heterocycles. The highest BCUT2D eigenvalue weighted by Crippen LogP contribution is 2.23. The fourth-order valence-corrected chi connectivity index (χ4v) is 3.53. The second-order valence-corrected chi connectivity index (χ2v) is 9.70. The van der Waals surface area contributed by atoms with Crippen LogP contribution in [0.1, 0.15) is 25.0 Å². The predicted octanol–water partition coefficient (Wildman–Crippen LogP) is 2.71. The first-order valence-electron chi connectivity index (χ1n) is 9.72. The summed E-state index contributed by atoms with van der Waals surface area (Å²) in [6.45, 7) is 4.39. The van der Waals surface area contributed by atoms with Gasteiger partial charge in [0, 0.05) is 12.1 Å². The van der Waals surface area contributed by atoms with Crippen LogP contribution >= 0.6 is 12.4 Å². The lowest BCUT2D eigenvalue weighted by Crippen LogP contribution is -2.46. The highest BCUT2D eigenvalue weighted by Gasteiger charge is 2.20. The largest absolute Gasteiger partial charge is 0.497 e. The minimum atomic E-state index is -3.44. The molecule has 1 atom stereocenters. The highest BCUT2D eigenvalue weighted by atomic mass is 35.5. The van der Waals surface area contributed by atoms with Gasteiger partial charge in [0.25, 0.3) is 0 Å². The molecule has 0 saturated carbocycles. The Morgan fingerprint density at radius 2 is 1.84 bits per heavy atom. The minimum absolute atomic E-state index is 0. The molecule has 0 bridgehead atoms. The van der Waals surface area contributed by atoms with Crippen LogP contribution in [0.5, 0.6) is 11.5 Å². The molecule has 0 aliphatic heterocycles. The summed E-state index contributed by atoms with van der Waals surface area (Å²) < 4.78 is 35.7. The second-order valence-electron chi connectivity index (χ2n) is 7.95. The van der Waals surface area contributed by atoms with E-state index in [0.29, 0.717) is 6.54 Å². The second kappa shape index (κ2) is 11.9. The SMILES string of the molecule is COc1ccc(CC(C)(C)NC[C@@H](O)COc2ccc(NS(C)(=O)=O)cc2C#N)cc1.Cl. The topological polar surface area (TPSA) is 121 Å². The quantitative estimate of drug-likeness (QED) is 0.449. The van der Waals surface area contributed by atoms with Crippen LogP contribution in [0.4, 0.5) is 5.69 Å². The van der Waals surface area contributed by atoms with E-state index < -0.39 is 16.1 Å². The molecule has 0 fully saturated rings. The van der Waals surface area contributed by atoms with Crippen molar-refractivity contribution in [3.05, 3.63) is 53.6 Å². The number of β-amino-alcohol motifs (C(OH)–C–C–N with tert-alkyl or cyclic N) is 1. The van der Waals surface area contributed by atoms with Crippen LogP contribution in [0.15, 0.2) is 42.5 Å². The van der Waals surface area contributed by atoms with Crippen molar-refractivity contribution < 1.29 is 23.0 Å². The molecular weight excluding hydrogens is 454 g/mol. The number of aliphatic hydroxyl groups excluding tert-OH is 1. The summed E-state index contributed by atoms with van der Waals surface area (Å²) in [6.07, 6.45) is 0.997. The first-order valence-corrected chi connectivity index (χ1v) is 11.6. The Kier molecular flexibility index (Phi) is 10.3. The Labute approximate surface area is 196 Å². The summed E-state index contributed by atoms with van der Waals surface area (Å²) in [4.78, 5) is 0. The van der Waals surface area contributed by atoms with E-state index in [0.717, 1.165) is 24.0 Å². The molecular formula is C22H30ClN3O5S. The standard InChI is InChI=1S/C22H29N3O5S.ClH/c1-22(2,12-16-5-8-20(29-3)9-6-16)24-14-19(26)15-30-21-10-7-18(11-17(21)13-23)25-31(4,27)28;/h5-11,19,24-26H,12,14-15H2,1-4H3;1H/t19-;/m1./s1. The number of nitrogens with one attached hydrogen (secondary N) is 2. The first-order chi connectivity index (χ1) is 14.5. The molecule has 0 aromatic heterocycles. The van der Waals surface area contributed by atoms with E-state index in [-0.39, 0.29) is 41.6 Å². The molecule has 0 unspecified atom stereocenters. The van der Waals surface area contributed by atoms with Crippen LogP contribution in [0.3, 0.4) is 0 Å². The van der Waals surface area contributed by atoms with Gasteiger partial charge in [-0.2, -0.15) is 5.26 Å². The van der Waals surface area contributed by atoms with Gasteiger partial charge in [-0.15, -0.1) is 12.4 Å². The fourth-order valence-electron chi connectivity index (χ4n) is 2.98. The van der Waals surface area contributed by atoms with E-state index in [9.17, 15) is 18.8 Å². The summed E-state index contributed by atoms with van der Waals surface area (Å²) in [5.41, 5.74) is 1.33. The molecule has 0 amide bonds. The van der Waals surface area contributed by atoms with Gasteiger partial charge < -0.3 is 19.9 Å². The van der Waals surface area contributed by atoms with Crippen LogP contribution < -0.4 is 19.5 Å². The number of benzene rings is 2. The zero-order chi connectivity index (χ0) is 23.1. The number of hydrogen-bond acceptors (Lipinski definition) is 7. The van der Waals surface area contributed by atoms with Gasteiger partial charge in [-0.25, -0.2) is 8.42 Å². The normalized spacial score (nSPS) is 12.2. The van der Waals surface area contributed by atoms with E-state index in [1.54, 1.807) is 7.11 Å². The molecule has 0 aliphatic rings. The van der Waals surface area contributed by atoms with E-state index in [1.165, 1.54) is 18.2 Å². The van der Waals surface area contributed by atoms with Crippen molar-refractivity contribution >= 4 is 28.1 Å². The number of rotatable bonds is 11. The molecule has 0 aliphatic carbocycles. The molecule has 2 aromatic carbocycles. The summed E-state index contributed by atoms with van der Waals surface area (Å²) in [6, 6.07) is 14.2. The molecule has 8 nitrogen and oxygen atoms in total. The van der Waals surface area contributed by atoms with Crippen molar-refractivity contribution in [2.75, 3.05) is 31.2 Å². The van der Waals surface area contributed by atoms with E-state index in [2.05, 4.69) is 10.0 Å². The molecule has 2 rings (SSSR count). The van der Waals surface area contributed by atoms with Gasteiger partial charge in [-0.3, -0.25) is 4.72 Å². The Morgan fingerprint density at radius 1 is 1.19 bits per heavy atom. The maximum atomic E-state index is 11.3. The van der Waals surface area contributed by atoms with Crippen LogP contribution in [0.2, 0.25) is 0 Å². The monoisotopic (exact) mass is 483 g/mol. The number of nitriles is 1. The lowest BCUT2D eigenvalue weighted by molar-refractivity contribution is 0.0987. The van der Waals surface area contributed by atoms with Gasteiger partial charge in [-0.05, 0) is 56.2 Å². The number of nitrogens with zero attached hydrogens (tertiary/aromatic N) is 1. The Morgan fingerprint density at radius 3 is 2.41 bits per heavy atom. The maximum absolute atomic E-state index is 11.3. The number of aliphatic hydroxyl groups is 1. The Bertz CT molecular complexity index is 1020. The van der Waals surface area contributed by atoms with Gasteiger partial charge in [0.05, 0.1) is 24.6 Å². The third-order valence-corrected chi connectivity index (χ3v) is 5.06. The van der Waals surface area contributed by atoms with E-state index in [1.807, 2.05) is 44.2 Å². The van der Waals surface area contributed by atoms with Crippen LogP contribution in [0.25, 0.3) is 0 Å². The van der Waals surface area contributed by atoms with Gasteiger partial charge in [0.1, 0.15) is 30.3 Å². The molecule has 3 N–H and O–H groups in total. The summed E-state index contributed by atoms with van der Waals surface area (Å²) in [5.74, 6) is 1.08. The molecule has 0 radical (unpaired) electrons. The van der Waals surface area contributed by atoms with Crippen molar-refractivity contribution in [2.45, 2.75) is 31.9 Å². The van der Waals surface area contributed by atoms with Crippen molar-refractivity contribution in [1.29, 1.82) is 5.26 Å². The molecule has 32 heavy (non-hydrogen) atoms. The average molecular weight is 484 g/mol. The maximum Gasteiger partial charge on any atom is 0.229 e. The summed E-state index contributed by atoms with van der Waals surface area (Å²) >= 11 is 0. The Hall–Kier alpha value is -2.51. The fraction of sp³-hybridized carbons (Fsp3) is 0.409. The van der Waals surface area contributed by atoms with Crippen molar-refractivity contribution in [3.63, 3.8) is 0 Å². The molecule has 0 spiro atoms. The number of sulfonamides is 1. The van der Waals surface area contributed by atoms with Gasteiger partial charge in [0.15, 0.2) is 0 Å². The Balaban J connectivity index is 0.00000512. The molecule has 10 heteroatoms. The van der Waals surface area contributed by atoms with Crippen LogP contribution in [-0.2, 0) is 16.4 Å². The lowest BCUT2D eigenvalue weighted by Gasteiger charge is -2.28. The average Bonchev–Trinajstić information content (AvgIpc) is 2.70.